The van der Waals surface area contributed by atoms with Gasteiger partial charge in [-0.1, -0.05) is 0 Å². The van der Waals surface area contributed by atoms with Crippen molar-refractivity contribution in [2.24, 2.45) is 5.73 Å². The summed E-state index contributed by atoms with van der Waals surface area (Å²) in [5.74, 6) is -0.393. The Morgan fingerprint density at radius 1 is 1.46 bits per heavy atom. The summed E-state index contributed by atoms with van der Waals surface area (Å²) in [6.07, 6.45) is 2.92. The van der Waals surface area contributed by atoms with Gasteiger partial charge in [0.05, 0.1) is 0 Å². The number of nitrogens with one attached hydrogen (secondary N) is 1. The highest BCUT2D eigenvalue weighted by atomic mass is 16.2. The van der Waals surface area contributed by atoms with E-state index in [0.717, 1.165) is 19.4 Å². The molecule has 1 saturated heterocycles. The lowest BCUT2D eigenvalue weighted by Gasteiger charge is -2.34. The smallest absolute Gasteiger partial charge is 0.238 e. The average molecular weight is 184 g/mol. The van der Waals surface area contributed by atoms with Crippen LogP contribution in [-0.4, -0.2) is 23.8 Å². The van der Waals surface area contributed by atoms with Gasteiger partial charge in [-0.15, -0.1) is 0 Å². The number of carbonyl (C=O) groups is 2. The third kappa shape index (κ3) is 2.28. The molecule has 1 amide bonds. The van der Waals surface area contributed by atoms with Crippen LogP contribution < -0.4 is 11.1 Å². The number of hydrogen-bond donors (Lipinski definition) is 2. The first-order chi connectivity index (χ1) is 6.07. The van der Waals surface area contributed by atoms with Crippen molar-refractivity contribution in [3.63, 3.8) is 0 Å². The molecule has 74 valence electrons. The summed E-state index contributed by atoms with van der Waals surface area (Å²) < 4.78 is 0. The highest BCUT2D eigenvalue weighted by molar-refractivity contribution is 5.91. The highest BCUT2D eigenvalue weighted by Gasteiger charge is 2.38. The van der Waals surface area contributed by atoms with E-state index in [1.54, 1.807) is 0 Å². The number of piperidine rings is 1. The standard InChI is InChI=1S/C9H16N2O2/c1-7(12)6-9(8(10)13)4-2-3-5-11-9/h11H,2-6H2,1H3,(H2,10,13). The van der Waals surface area contributed by atoms with Gasteiger partial charge in [0, 0.05) is 6.42 Å². The Morgan fingerprint density at radius 3 is 2.54 bits per heavy atom. The summed E-state index contributed by atoms with van der Waals surface area (Å²) in [5, 5.41) is 3.07. The number of carbonyl (C=O) groups excluding carboxylic acids is 2. The van der Waals surface area contributed by atoms with Crippen LogP contribution in [-0.2, 0) is 9.59 Å². The van der Waals surface area contributed by atoms with Gasteiger partial charge in [0.2, 0.25) is 5.91 Å². The zero-order valence-corrected chi connectivity index (χ0v) is 7.93. The fourth-order valence-electron chi connectivity index (χ4n) is 1.84. The second kappa shape index (κ2) is 3.87. The van der Waals surface area contributed by atoms with Crippen molar-refractivity contribution in [1.29, 1.82) is 0 Å². The highest BCUT2D eigenvalue weighted by Crippen LogP contribution is 2.22. The topological polar surface area (TPSA) is 72.2 Å². The molecule has 0 aromatic carbocycles. The summed E-state index contributed by atoms with van der Waals surface area (Å²) in [4.78, 5) is 22.2. The molecule has 1 atom stereocenters. The summed E-state index contributed by atoms with van der Waals surface area (Å²) in [6, 6.07) is 0. The molecule has 13 heavy (non-hydrogen) atoms. The molecule has 0 saturated carbocycles. The quantitative estimate of drug-likeness (QED) is 0.646. The van der Waals surface area contributed by atoms with E-state index in [9.17, 15) is 9.59 Å². The van der Waals surface area contributed by atoms with Crippen LogP contribution in [0.15, 0.2) is 0 Å². The fourth-order valence-corrected chi connectivity index (χ4v) is 1.84. The van der Waals surface area contributed by atoms with Crippen molar-refractivity contribution in [2.75, 3.05) is 6.54 Å². The van der Waals surface area contributed by atoms with Crippen molar-refractivity contribution in [3.05, 3.63) is 0 Å². The summed E-state index contributed by atoms with van der Waals surface area (Å²) in [7, 11) is 0. The van der Waals surface area contributed by atoms with Crippen molar-refractivity contribution < 1.29 is 9.59 Å². The van der Waals surface area contributed by atoms with Crippen molar-refractivity contribution in [2.45, 2.75) is 38.1 Å². The summed E-state index contributed by atoms with van der Waals surface area (Å²) in [5.41, 5.74) is 4.54. The maximum atomic E-state index is 11.2. The first-order valence-corrected chi connectivity index (χ1v) is 4.61. The van der Waals surface area contributed by atoms with Crippen LogP contribution in [0.2, 0.25) is 0 Å². The molecular formula is C9H16N2O2. The molecule has 4 nitrogen and oxygen atoms in total. The zero-order valence-electron chi connectivity index (χ0n) is 7.93. The molecule has 0 aromatic heterocycles. The molecule has 0 spiro atoms. The predicted molar refractivity (Wildman–Crippen MR) is 49.1 cm³/mol. The predicted octanol–water partition coefficient (Wildman–Crippen LogP) is -0.0369. The lowest BCUT2D eigenvalue weighted by Crippen LogP contribution is -2.58. The third-order valence-corrected chi connectivity index (χ3v) is 2.52. The lowest BCUT2D eigenvalue weighted by atomic mass is 9.84. The number of rotatable bonds is 3. The Kier molecular flexibility index (Phi) is 3.03. The molecule has 0 aromatic rings. The van der Waals surface area contributed by atoms with Crippen LogP contribution in [0.5, 0.6) is 0 Å². The molecule has 1 fully saturated rings. The van der Waals surface area contributed by atoms with E-state index in [-0.39, 0.29) is 12.2 Å². The largest absolute Gasteiger partial charge is 0.368 e. The fraction of sp³-hybridized carbons (Fsp3) is 0.778. The van der Waals surface area contributed by atoms with Gasteiger partial charge in [0.25, 0.3) is 0 Å². The first-order valence-electron chi connectivity index (χ1n) is 4.61. The van der Waals surface area contributed by atoms with Gasteiger partial charge in [-0.3, -0.25) is 9.59 Å². The molecule has 0 radical (unpaired) electrons. The van der Waals surface area contributed by atoms with Crippen LogP contribution >= 0.6 is 0 Å². The molecule has 0 aliphatic carbocycles. The minimum Gasteiger partial charge on any atom is -0.368 e. The Labute approximate surface area is 77.9 Å². The van der Waals surface area contributed by atoms with E-state index in [1.807, 2.05) is 0 Å². The monoisotopic (exact) mass is 184 g/mol. The number of amides is 1. The molecule has 3 N–H and O–H groups in total. The maximum absolute atomic E-state index is 11.2. The third-order valence-electron chi connectivity index (χ3n) is 2.52. The molecule has 1 aliphatic rings. The van der Waals surface area contributed by atoms with Gasteiger partial charge < -0.3 is 11.1 Å². The second-order valence-electron chi connectivity index (χ2n) is 3.71. The average Bonchev–Trinajstić information content (AvgIpc) is 2.04. The van der Waals surface area contributed by atoms with Crippen molar-refractivity contribution >= 4 is 11.7 Å². The molecule has 0 bridgehead atoms. The first kappa shape index (κ1) is 10.2. The van der Waals surface area contributed by atoms with Crippen LogP contribution in [0, 0.1) is 0 Å². The van der Waals surface area contributed by atoms with E-state index in [4.69, 9.17) is 5.73 Å². The maximum Gasteiger partial charge on any atom is 0.238 e. The van der Waals surface area contributed by atoms with E-state index in [1.165, 1.54) is 6.92 Å². The van der Waals surface area contributed by atoms with Gasteiger partial charge in [-0.05, 0) is 32.7 Å². The Bertz CT molecular complexity index is 220. The lowest BCUT2D eigenvalue weighted by molar-refractivity contribution is -0.130. The van der Waals surface area contributed by atoms with Crippen LogP contribution in [0.3, 0.4) is 0 Å². The van der Waals surface area contributed by atoms with E-state index >= 15 is 0 Å². The van der Waals surface area contributed by atoms with Gasteiger partial charge >= 0.3 is 0 Å². The van der Waals surface area contributed by atoms with E-state index < -0.39 is 11.4 Å². The van der Waals surface area contributed by atoms with Gasteiger partial charge in [0.1, 0.15) is 11.3 Å². The number of primary amides is 1. The Hall–Kier alpha value is -0.900. The van der Waals surface area contributed by atoms with Gasteiger partial charge in [0.15, 0.2) is 0 Å². The number of hydrogen-bond acceptors (Lipinski definition) is 3. The Balaban J connectivity index is 2.73. The summed E-state index contributed by atoms with van der Waals surface area (Å²) >= 11 is 0. The minimum absolute atomic E-state index is 0.00759. The molecule has 1 heterocycles. The number of ketones is 1. The molecular weight excluding hydrogens is 168 g/mol. The SMILES string of the molecule is CC(=O)CC1(C(N)=O)CCCCN1. The van der Waals surface area contributed by atoms with Gasteiger partial charge in [-0.25, -0.2) is 0 Å². The molecule has 1 unspecified atom stereocenters. The van der Waals surface area contributed by atoms with Crippen LogP contribution in [0.4, 0.5) is 0 Å². The minimum atomic E-state index is -0.760. The van der Waals surface area contributed by atoms with E-state index in [2.05, 4.69) is 5.32 Å². The van der Waals surface area contributed by atoms with Crippen LogP contribution in [0.25, 0.3) is 0 Å². The molecule has 1 rings (SSSR count). The Morgan fingerprint density at radius 2 is 2.15 bits per heavy atom. The van der Waals surface area contributed by atoms with Gasteiger partial charge in [-0.2, -0.15) is 0 Å². The normalized spacial score (nSPS) is 28.4. The summed E-state index contributed by atoms with van der Waals surface area (Å²) in [6.45, 7) is 2.26. The molecule has 1 aliphatic heterocycles. The number of nitrogens with two attached hydrogens (primary N) is 1. The number of Topliss-reactive ketones (excluding diaryl/α,β-unsaturated/α-hetero) is 1. The van der Waals surface area contributed by atoms with Crippen molar-refractivity contribution in [1.82, 2.24) is 5.32 Å². The second-order valence-corrected chi connectivity index (χ2v) is 3.71. The van der Waals surface area contributed by atoms with Crippen LogP contribution in [0.1, 0.15) is 32.6 Å². The van der Waals surface area contributed by atoms with Crippen molar-refractivity contribution in [3.8, 4) is 0 Å². The molecule has 4 heteroatoms. The van der Waals surface area contributed by atoms with E-state index in [0.29, 0.717) is 6.42 Å². The zero-order chi connectivity index (χ0) is 9.90.